The molecule has 1 aliphatic heterocycles. The van der Waals surface area contributed by atoms with Gasteiger partial charge in [0, 0.05) is 12.3 Å². The minimum atomic E-state index is 0.351. The summed E-state index contributed by atoms with van der Waals surface area (Å²) in [5, 5.41) is 0. The summed E-state index contributed by atoms with van der Waals surface area (Å²) in [5.41, 5.74) is 1.50. The maximum atomic E-state index is 4.09. The summed E-state index contributed by atoms with van der Waals surface area (Å²) >= 11 is 0. The Morgan fingerprint density at radius 2 is 1.54 bits per heavy atom. The van der Waals surface area contributed by atoms with E-state index < -0.39 is 0 Å². The van der Waals surface area contributed by atoms with Crippen LogP contribution in [0.1, 0.15) is 32.3 Å². The van der Waals surface area contributed by atoms with E-state index in [-0.39, 0.29) is 0 Å². The van der Waals surface area contributed by atoms with Crippen molar-refractivity contribution in [1.29, 1.82) is 0 Å². The Hall–Kier alpha value is -1.38. The summed E-state index contributed by atoms with van der Waals surface area (Å²) in [6.45, 7) is 20.5. The first-order chi connectivity index (χ1) is 12.7. The van der Waals surface area contributed by atoms with Crippen molar-refractivity contribution in [3.63, 3.8) is 0 Å². The largest absolute Gasteiger partial charge is 0.303 e. The van der Waals surface area contributed by atoms with Gasteiger partial charge in [0.25, 0.3) is 0 Å². The van der Waals surface area contributed by atoms with Gasteiger partial charge in [-0.05, 0) is 50.1 Å². The lowest BCUT2D eigenvalue weighted by Gasteiger charge is -2.32. The van der Waals surface area contributed by atoms with Crippen molar-refractivity contribution in [3.8, 4) is 0 Å². The molecule has 1 aliphatic rings. The molecule has 0 saturated carbocycles. The number of benzene rings is 1. The van der Waals surface area contributed by atoms with E-state index in [1.165, 1.54) is 50.2 Å². The van der Waals surface area contributed by atoms with E-state index >= 15 is 0 Å². The monoisotopic (exact) mass is 375 g/mol. The third-order valence-corrected chi connectivity index (χ3v) is 4.88. The van der Waals surface area contributed by atoms with Gasteiger partial charge < -0.3 is 4.90 Å². The molecule has 148 valence electrons. The SMILES string of the molecule is C=C.C=CC=C.C=S(C)CCN1CCC(Cc2ccccc2)CC1.CC. The molecule has 0 amide bonds. The van der Waals surface area contributed by atoms with Crippen LogP contribution in [0, 0.1) is 5.92 Å². The van der Waals surface area contributed by atoms with Crippen LogP contribution in [0.4, 0.5) is 0 Å². The van der Waals surface area contributed by atoms with Crippen LogP contribution in [0.2, 0.25) is 0 Å². The van der Waals surface area contributed by atoms with E-state index in [9.17, 15) is 0 Å². The van der Waals surface area contributed by atoms with E-state index in [0.717, 1.165) is 5.92 Å². The first-order valence-electron chi connectivity index (χ1n) is 9.57. The summed E-state index contributed by atoms with van der Waals surface area (Å²) in [4.78, 5) is 2.62. The molecule has 0 spiro atoms. The molecule has 1 aromatic rings. The molecule has 1 heterocycles. The number of nitrogens with zero attached hydrogens (tertiary/aromatic N) is 1. The van der Waals surface area contributed by atoms with E-state index in [1.807, 2.05) is 13.8 Å². The molecule has 0 N–H and O–H groups in total. The molecule has 1 fully saturated rings. The zero-order chi connectivity index (χ0) is 20.2. The Balaban J connectivity index is 0. The Kier molecular flexibility index (Phi) is 20.6. The van der Waals surface area contributed by atoms with Crippen molar-refractivity contribution in [3.05, 3.63) is 74.4 Å². The average molecular weight is 376 g/mol. The summed E-state index contributed by atoms with van der Waals surface area (Å²) in [6.07, 6.45) is 9.51. The zero-order valence-corrected chi connectivity index (χ0v) is 18.3. The molecule has 0 aliphatic carbocycles. The average Bonchev–Trinajstić information content (AvgIpc) is 2.71. The molecular weight excluding hydrogens is 334 g/mol. The van der Waals surface area contributed by atoms with Gasteiger partial charge in [0.1, 0.15) is 0 Å². The molecule has 1 aromatic carbocycles. The van der Waals surface area contributed by atoms with E-state index in [2.05, 4.69) is 73.7 Å². The number of rotatable bonds is 6. The van der Waals surface area contributed by atoms with Crippen LogP contribution in [0.25, 0.3) is 0 Å². The summed E-state index contributed by atoms with van der Waals surface area (Å²) in [7, 11) is 0.351. The predicted molar refractivity (Wildman–Crippen MR) is 128 cm³/mol. The third kappa shape index (κ3) is 14.9. The molecule has 0 radical (unpaired) electrons. The molecule has 1 saturated heterocycles. The Morgan fingerprint density at radius 3 is 1.96 bits per heavy atom. The van der Waals surface area contributed by atoms with E-state index in [0.29, 0.717) is 10.5 Å². The van der Waals surface area contributed by atoms with Crippen LogP contribution in [-0.2, 0) is 6.42 Å². The molecule has 1 atom stereocenters. The van der Waals surface area contributed by atoms with E-state index in [4.69, 9.17) is 0 Å². The van der Waals surface area contributed by atoms with Gasteiger partial charge >= 0.3 is 0 Å². The molecule has 2 heteroatoms. The van der Waals surface area contributed by atoms with Crippen molar-refractivity contribution >= 4 is 16.4 Å². The number of hydrogen-bond acceptors (Lipinski definition) is 1. The topological polar surface area (TPSA) is 3.24 Å². The van der Waals surface area contributed by atoms with Gasteiger partial charge in [0.2, 0.25) is 0 Å². The Bertz CT molecular complexity index is 452. The van der Waals surface area contributed by atoms with Crippen LogP contribution < -0.4 is 0 Å². The van der Waals surface area contributed by atoms with Crippen molar-refractivity contribution in [2.24, 2.45) is 5.92 Å². The quantitative estimate of drug-likeness (QED) is 0.313. The van der Waals surface area contributed by atoms with Gasteiger partial charge in [-0.15, -0.1) is 13.2 Å². The molecular formula is C24H41NS. The lowest BCUT2D eigenvalue weighted by atomic mass is 9.90. The maximum absolute atomic E-state index is 4.09. The fourth-order valence-electron chi connectivity index (χ4n) is 2.65. The molecule has 1 unspecified atom stereocenters. The fourth-order valence-corrected chi connectivity index (χ4v) is 3.22. The third-order valence-electron chi connectivity index (χ3n) is 4.00. The van der Waals surface area contributed by atoms with Gasteiger partial charge in [-0.1, -0.05) is 75.4 Å². The van der Waals surface area contributed by atoms with Crippen molar-refractivity contribution in [1.82, 2.24) is 4.90 Å². The number of piperidine rings is 1. The Morgan fingerprint density at radius 1 is 1.04 bits per heavy atom. The summed E-state index contributed by atoms with van der Waals surface area (Å²) in [6, 6.07) is 10.9. The highest BCUT2D eigenvalue weighted by molar-refractivity contribution is 8.13. The Labute approximate surface area is 166 Å². The van der Waals surface area contributed by atoms with Crippen LogP contribution in [-0.4, -0.2) is 42.4 Å². The van der Waals surface area contributed by atoms with Crippen LogP contribution in [0.3, 0.4) is 0 Å². The maximum Gasteiger partial charge on any atom is 0.00675 e. The van der Waals surface area contributed by atoms with Crippen LogP contribution >= 0.6 is 10.5 Å². The first-order valence-corrected chi connectivity index (χ1v) is 11.5. The number of likely N-dealkylation sites (tertiary alicyclic amines) is 1. The molecule has 0 bridgehead atoms. The summed E-state index contributed by atoms with van der Waals surface area (Å²) in [5.74, 6) is 6.25. The predicted octanol–water partition coefficient (Wildman–Crippen LogP) is 6.46. The normalized spacial score (nSPS) is 14.9. The molecule has 2 rings (SSSR count). The van der Waals surface area contributed by atoms with Gasteiger partial charge in [0.15, 0.2) is 0 Å². The second-order valence-corrected chi connectivity index (χ2v) is 7.90. The number of allylic oxidation sites excluding steroid dienone is 2. The molecule has 0 aromatic heterocycles. The van der Waals surface area contributed by atoms with Crippen LogP contribution in [0.15, 0.2) is 68.8 Å². The second-order valence-electron chi connectivity index (χ2n) is 5.93. The van der Waals surface area contributed by atoms with Crippen LogP contribution in [0.5, 0.6) is 0 Å². The molecule has 1 nitrogen and oxygen atoms in total. The lowest BCUT2D eigenvalue weighted by Crippen LogP contribution is -2.35. The first kappa shape index (κ1) is 26.8. The van der Waals surface area contributed by atoms with Crippen molar-refractivity contribution < 1.29 is 0 Å². The van der Waals surface area contributed by atoms with E-state index in [1.54, 1.807) is 12.2 Å². The highest BCUT2D eigenvalue weighted by Crippen LogP contribution is 2.21. The standard InChI is InChI=1S/C16H25NS.C4H6.C2H6.C2H4/c1-18(2)13-12-17-10-8-16(9-11-17)14-15-6-4-3-5-7-15;1-3-4-2;2*1-2/h3-7,16H,1,8-14H2,2H3;3-4H,1-2H2;1-2H3;1-2H2. The highest BCUT2D eigenvalue weighted by Gasteiger charge is 2.18. The minimum absolute atomic E-state index is 0.351. The van der Waals surface area contributed by atoms with Crippen molar-refractivity contribution in [2.45, 2.75) is 33.1 Å². The minimum Gasteiger partial charge on any atom is -0.303 e. The van der Waals surface area contributed by atoms with Gasteiger partial charge in [0.05, 0.1) is 0 Å². The second kappa shape index (κ2) is 19.9. The highest BCUT2D eigenvalue weighted by atomic mass is 32.2. The fraction of sp³-hybridized carbons (Fsp3) is 0.458. The molecule has 26 heavy (non-hydrogen) atoms. The van der Waals surface area contributed by atoms with Gasteiger partial charge in [-0.2, -0.15) is 10.5 Å². The van der Waals surface area contributed by atoms with Crippen molar-refractivity contribution in [2.75, 3.05) is 31.6 Å². The zero-order valence-electron chi connectivity index (χ0n) is 17.5. The van der Waals surface area contributed by atoms with Gasteiger partial charge in [-0.25, -0.2) is 0 Å². The van der Waals surface area contributed by atoms with Gasteiger partial charge in [-0.3, -0.25) is 0 Å². The lowest BCUT2D eigenvalue weighted by molar-refractivity contribution is 0.193. The number of hydrogen-bond donors (Lipinski definition) is 0. The summed E-state index contributed by atoms with van der Waals surface area (Å²) < 4.78 is 0. The smallest absolute Gasteiger partial charge is 0.00675 e.